The molecule has 0 aliphatic rings. The molecule has 1 amide bonds. The van der Waals surface area contributed by atoms with Gasteiger partial charge in [-0.05, 0) is 24.1 Å². The number of benzene rings is 1. The third kappa shape index (κ3) is 4.90. The van der Waals surface area contributed by atoms with Gasteiger partial charge in [0.1, 0.15) is 0 Å². The minimum Gasteiger partial charge on any atom is -0.345 e. The summed E-state index contributed by atoms with van der Waals surface area (Å²) in [6.45, 7) is 5.08. The maximum Gasteiger partial charge on any atom is 0.253 e. The van der Waals surface area contributed by atoms with Crippen LogP contribution >= 0.6 is 0 Å². The lowest BCUT2D eigenvalue weighted by atomic mass is 10.2. The molecule has 0 aliphatic heterocycles. The Bertz CT molecular complexity index is 841. The second kappa shape index (κ2) is 7.79. The van der Waals surface area contributed by atoms with Gasteiger partial charge < -0.3 is 9.47 Å². The van der Waals surface area contributed by atoms with Crippen LogP contribution in [0, 0.1) is 5.92 Å². The molecule has 0 bridgehead atoms. The third-order valence-corrected chi connectivity index (χ3v) is 5.00. The Morgan fingerprint density at radius 1 is 1.32 bits per heavy atom. The number of carbonyl (C=O) groups excluding carboxylic acids is 1. The molecule has 2 rings (SSSR count). The molecule has 0 aliphatic carbocycles. The van der Waals surface area contributed by atoms with Gasteiger partial charge in [-0.15, -0.1) is 0 Å². The summed E-state index contributed by atoms with van der Waals surface area (Å²) in [5.74, 6) is 0.186. The highest BCUT2D eigenvalue weighted by molar-refractivity contribution is 7.89. The normalized spacial score (nSPS) is 11.7. The Hall–Kier alpha value is -2.19. The van der Waals surface area contributed by atoms with Crippen LogP contribution in [0.5, 0.6) is 0 Å². The highest BCUT2D eigenvalue weighted by atomic mass is 32.2. The van der Waals surface area contributed by atoms with E-state index in [1.165, 1.54) is 17.0 Å². The van der Waals surface area contributed by atoms with Crippen molar-refractivity contribution >= 4 is 15.9 Å². The van der Waals surface area contributed by atoms with Crippen molar-refractivity contribution in [2.45, 2.75) is 31.8 Å². The zero-order valence-electron chi connectivity index (χ0n) is 14.9. The van der Waals surface area contributed by atoms with E-state index in [2.05, 4.69) is 23.6 Å². The van der Waals surface area contributed by atoms with Gasteiger partial charge in [0.2, 0.25) is 10.0 Å². The van der Waals surface area contributed by atoms with E-state index in [1.54, 1.807) is 38.8 Å². The monoisotopic (exact) mass is 364 g/mol. The molecule has 2 aromatic rings. The van der Waals surface area contributed by atoms with Gasteiger partial charge in [0.25, 0.3) is 5.91 Å². The average molecular weight is 364 g/mol. The first kappa shape index (κ1) is 19.1. The van der Waals surface area contributed by atoms with Gasteiger partial charge in [0.15, 0.2) is 0 Å². The molecule has 1 N–H and O–H groups in total. The van der Waals surface area contributed by atoms with Crippen LogP contribution in [0.1, 0.15) is 29.9 Å². The van der Waals surface area contributed by atoms with Crippen molar-refractivity contribution in [3.63, 3.8) is 0 Å². The molecule has 0 saturated heterocycles. The van der Waals surface area contributed by atoms with E-state index in [0.29, 0.717) is 11.5 Å². The van der Waals surface area contributed by atoms with E-state index in [-0.39, 0.29) is 17.3 Å². The predicted molar refractivity (Wildman–Crippen MR) is 95.6 cm³/mol. The predicted octanol–water partition coefficient (Wildman–Crippen LogP) is 1.72. The van der Waals surface area contributed by atoms with E-state index in [9.17, 15) is 13.2 Å². The zero-order valence-corrected chi connectivity index (χ0v) is 15.7. The van der Waals surface area contributed by atoms with Crippen LogP contribution in [-0.4, -0.2) is 42.9 Å². The molecular weight excluding hydrogens is 340 g/mol. The second-order valence-electron chi connectivity index (χ2n) is 6.48. The van der Waals surface area contributed by atoms with E-state index in [4.69, 9.17) is 0 Å². The van der Waals surface area contributed by atoms with E-state index < -0.39 is 10.0 Å². The van der Waals surface area contributed by atoms with Crippen LogP contribution in [0.25, 0.3) is 0 Å². The smallest absolute Gasteiger partial charge is 0.253 e. The molecule has 8 heteroatoms. The molecule has 1 aromatic carbocycles. The second-order valence-corrected chi connectivity index (χ2v) is 8.25. The minimum absolute atomic E-state index is 0.0649. The number of rotatable bonds is 7. The third-order valence-electron chi connectivity index (χ3n) is 3.60. The minimum atomic E-state index is -3.73. The van der Waals surface area contributed by atoms with Crippen molar-refractivity contribution in [3.05, 3.63) is 48.0 Å². The van der Waals surface area contributed by atoms with Crippen molar-refractivity contribution in [2.75, 3.05) is 14.1 Å². The first-order chi connectivity index (χ1) is 11.7. The number of aromatic nitrogens is 2. The summed E-state index contributed by atoms with van der Waals surface area (Å²) in [6.07, 6.45) is 3.34. The van der Waals surface area contributed by atoms with E-state index in [0.717, 1.165) is 12.2 Å². The Balaban J connectivity index is 2.16. The molecule has 0 spiro atoms. The van der Waals surface area contributed by atoms with Gasteiger partial charge in [-0.2, -0.15) is 0 Å². The molecule has 0 unspecified atom stereocenters. The summed E-state index contributed by atoms with van der Waals surface area (Å²) < 4.78 is 29.6. The number of hydrogen-bond donors (Lipinski definition) is 1. The fourth-order valence-corrected chi connectivity index (χ4v) is 3.40. The lowest BCUT2D eigenvalue weighted by molar-refractivity contribution is 0.0827. The zero-order chi connectivity index (χ0) is 18.6. The topological polar surface area (TPSA) is 84.3 Å². The number of sulfonamides is 1. The van der Waals surface area contributed by atoms with E-state index >= 15 is 0 Å². The first-order valence-electron chi connectivity index (χ1n) is 8.01. The Labute approximate surface area is 148 Å². The number of carbonyl (C=O) groups is 1. The van der Waals surface area contributed by atoms with Crippen molar-refractivity contribution in [1.29, 1.82) is 0 Å². The average Bonchev–Trinajstić information content (AvgIpc) is 2.98. The maximum absolute atomic E-state index is 12.5. The molecule has 1 aromatic heterocycles. The fraction of sp³-hybridized carbons (Fsp3) is 0.412. The summed E-state index contributed by atoms with van der Waals surface area (Å²) in [7, 11) is -0.480. The van der Waals surface area contributed by atoms with Crippen LogP contribution in [-0.2, 0) is 23.1 Å². The van der Waals surface area contributed by atoms with Crippen LogP contribution in [0.4, 0.5) is 0 Å². The highest BCUT2D eigenvalue weighted by Crippen LogP contribution is 2.14. The first-order valence-corrected chi connectivity index (χ1v) is 9.49. The van der Waals surface area contributed by atoms with Crippen molar-refractivity contribution in [2.24, 2.45) is 5.92 Å². The summed E-state index contributed by atoms with van der Waals surface area (Å²) in [4.78, 5) is 17.6. The van der Waals surface area contributed by atoms with Gasteiger partial charge in [-0.1, -0.05) is 19.9 Å². The molecule has 7 nitrogen and oxygen atoms in total. The van der Waals surface area contributed by atoms with Crippen LogP contribution in [0.2, 0.25) is 0 Å². The number of hydrogen-bond acceptors (Lipinski definition) is 4. The van der Waals surface area contributed by atoms with E-state index in [1.807, 2.05) is 4.57 Å². The van der Waals surface area contributed by atoms with Crippen molar-refractivity contribution in [1.82, 2.24) is 19.2 Å². The molecule has 0 radical (unpaired) electrons. The lowest BCUT2D eigenvalue weighted by Gasteiger charge is -2.13. The van der Waals surface area contributed by atoms with Crippen LogP contribution < -0.4 is 4.72 Å². The summed E-state index contributed by atoms with van der Waals surface area (Å²) in [5, 5.41) is 0. The number of amides is 1. The molecular formula is C17H24N4O3S. The number of nitrogens with zero attached hydrogens (tertiary/aromatic N) is 3. The molecule has 1 heterocycles. The van der Waals surface area contributed by atoms with Crippen molar-refractivity contribution < 1.29 is 13.2 Å². The highest BCUT2D eigenvalue weighted by Gasteiger charge is 2.17. The van der Waals surface area contributed by atoms with Gasteiger partial charge in [-0.3, -0.25) is 4.79 Å². The lowest BCUT2D eigenvalue weighted by Crippen LogP contribution is -2.26. The molecule has 0 fully saturated rings. The van der Waals surface area contributed by atoms with Gasteiger partial charge in [0.05, 0.1) is 23.5 Å². The quantitative estimate of drug-likeness (QED) is 0.811. The van der Waals surface area contributed by atoms with Gasteiger partial charge >= 0.3 is 0 Å². The standard InChI is InChI=1S/C17H24N4O3S/c1-13(2)11-21-12-18-9-15(21)10-19-25(23,24)16-7-5-6-14(8-16)17(22)20(3)4/h5-9,12-13,19H,10-11H2,1-4H3. The number of imidazole rings is 1. The van der Waals surface area contributed by atoms with Gasteiger partial charge in [0, 0.05) is 32.4 Å². The number of nitrogens with one attached hydrogen (secondary N) is 1. The fourth-order valence-electron chi connectivity index (χ4n) is 2.36. The largest absolute Gasteiger partial charge is 0.345 e. The Morgan fingerprint density at radius 3 is 2.68 bits per heavy atom. The molecule has 0 saturated carbocycles. The SMILES string of the molecule is CC(C)Cn1cncc1CNS(=O)(=O)c1cccc(C(=O)N(C)C)c1. The maximum atomic E-state index is 12.5. The molecule has 136 valence electrons. The summed E-state index contributed by atoms with van der Waals surface area (Å²) in [5.41, 5.74) is 1.12. The molecule has 25 heavy (non-hydrogen) atoms. The molecule has 0 atom stereocenters. The van der Waals surface area contributed by atoms with Crippen LogP contribution in [0.3, 0.4) is 0 Å². The van der Waals surface area contributed by atoms with Crippen molar-refractivity contribution in [3.8, 4) is 0 Å². The Kier molecular flexibility index (Phi) is 5.97. The summed E-state index contributed by atoms with van der Waals surface area (Å²) >= 11 is 0. The summed E-state index contributed by atoms with van der Waals surface area (Å²) in [6, 6.07) is 6.02. The van der Waals surface area contributed by atoms with Crippen LogP contribution in [0.15, 0.2) is 41.7 Å². The van der Waals surface area contributed by atoms with Gasteiger partial charge in [-0.25, -0.2) is 18.1 Å². The Morgan fingerprint density at radius 2 is 2.04 bits per heavy atom.